The van der Waals surface area contributed by atoms with E-state index in [1.54, 1.807) is 25.1 Å². The van der Waals surface area contributed by atoms with E-state index in [1.807, 2.05) is 48.5 Å². The van der Waals surface area contributed by atoms with Crippen LogP contribution >= 0.6 is 0 Å². The molecule has 0 N–H and O–H groups in total. The molecular weight excluding hydrogens is 572 g/mol. The van der Waals surface area contributed by atoms with Gasteiger partial charge in [0.15, 0.2) is 0 Å². The van der Waals surface area contributed by atoms with Crippen LogP contribution in [0.1, 0.15) is 52.7 Å². The van der Waals surface area contributed by atoms with E-state index in [4.69, 9.17) is 17.7 Å². The van der Waals surface area contributed by atoms with Gasteiger partial charge in [-0.2, -0.15) is 0 Å². The van der Waals surface area contributed by atoms with Crippen LogP contribution in [-0.2, 0) is 10.8 Å². The van der Waals surface area contributed by atoms with E-state index in [2.05, 4.69) is 87.7 Å². The number of benzene rings is 4. The largest absolute Gasteiger partial charge is 0.448 e. The molecule has 230 valence electrons. The quantitative estimate of drug-likeness (QED) is 0.175. The summed E-state index contributed by atoms with van der Waals surface area (Å²) in [6, 6.07) is 29.2. The Kier molecular flexibility index (Phi) is 6.16. The van der Waals surface area contributed by atoms with E-state index in [1.165, 1.54) is 32.7 Å². The molecule has 8 rings (SSSR count). The van der Waals surface area contributed by atoms with Crippen LogP contribution in [0.4, 0.5) is 34.9 Å². The third-order valence-electron chi connectivity index (χ3n) is 8.86. The zero-order valence-electron chi connectivity index (χ0n) is 26.9. The summed E-state index contributed by atoms with van der Waals surface area (Å²) in [5.74, 6) is 2.73. The Balaban J connectivity index is 1.56. The number of nitrogens with zero attached hydrogens (tertiary/aromatic N) is 2. The van der Waals surface area contributed by atoms with Crippen LogP contribution in [0.2, 0.25) is 0 Å². The smallest absolute Gasteiger partial charge is 0.206 e. The van der Waals surface area contributed by atoms with Gasteiger partial charge in [-0.15, -0.1) is 0 Å². The highest BCUT2D eigenvalue weighted by Gasteiger charge is 2.31. The summed E-state index contributed by atoms with van der Waals surface area (Å²) in [7, 11) is 0. The van der Waals surface area contributed by atoms with E-state index in [0.717, 1.165) is 22.1 Å². The van der Waals surface area contributed by atoms with Gasteiger partial charge in [0.05, 0.1) is 36.4 Å². The minimum atomic E-state index is -0.154. The first-order valence-electron chi connectivity index (χ1n) is 15.6. The van der Waals surface area contributed by atoms with Crippen LogP contribution in [0.15, 0.2) is 128 Å². The molecule has 46 heavy (non-hydrogen) atoms. The Morgan fingerprint density at radius 1 is 0.413 bits per heavy atom. The van der Waals surface area contributed by atoms with Crippen molar-refractivity contribution in [3.8, 4) is 0 Å². The maximum absolute atomic E-state index is 6.03. The zero-order chi connectivity index (χ0) is 31.8. The lowest BCUT2D eigenvalue weighted by Crippen LogP contribution is -2.17. The van der Waals surface area contributed by atoms with E-state index in [0.29, 0.717) is 23.5 Å². The Labute approximate surface area is 267 Å². The summed E-state index contributed by atoms with van der Waals surface area (Å²) in [5.41, 5.74) is 4.16. The van der Waals surface area contributed by atoms with Crippen molar-refractivity contribution in [1.82, 2.24) is 0 Å². The van der Waals surface area contributed by atoms with E-state index in [9.17, 15) is 0 Å². The first-order chi connectivity index (χ1) is 22.1. The van der Waals surface area contributed by atoms with E-state index >= 15 is 0 Å². The summed E-state index contributed by atoms with van der Waals surface area (Å²) in [6.45, 7) is 13.6. The van der Waals surface area contributed by atoms with E-state index < -0.39 is 0 Å². The highest BCUT2D eigenvalue weighted by molar-refractivity contribution is 6.29. The average molecular weight is 609 g/mol. The first-order valence-corrected chi connectivity index (χ1v) is 15.6. The normalized spacial score (nSPS) is 12.6. The summed E-state index contributed by atoms with van der Waals surface area (Å²) >= 11 is 0. The SMILES string of the molecule is CC(C)(C)c1cc(N(c2ccco2)c2ccco2)c2ccc3c(C(C)(C)C)cc(N(c4ccco4)c4ccco4)c4ccc1c2c43. The van der Waals surface area contributed by atoms with Gasteiger partial charge in [0, 0.05) is 35.0 Å². The van der Waals surface area contributed by atoms with Gasteiger partial charge < -0.3 is 17.7 Å². The molecule has 0 unspecified atom stereocenters. The van der Waals surface area contributed by atoms with Crippen LogP contribution in [0.5, 0.6) is 0 Å². The second-order valence-electron chi connectivity index (χ2n) is 13.9. The molecule has 0 bridgehead atoms. The molecule has 0 aliphatic carbocycles. The van der Waals surface area contributed by atoms with Crippen LogP contribution in [0.3, 0.4) is 0 Å². The van der Waals surface area contributed by atoms with Crippen LogP contribution in [0, 0.1) is 0 Å². The molecule has 0 aliphatic rings. The third kappa shape index (κ3) is 4.31. The second-order valence-corrected chi connectivity index (χ2v) is 13.9. The molecule has 0 amide bonds. The first kappa shape index (κ1) is 28.1. The van der Waals surface area contributed by atoms with Crippen molar-refractivity contribution in [1.29, 1.82) is 0 Å². The standard InChI is InChI=1S/C40H36N2O4/c1-39(2,3)29-23-31(41(33-11-7-19-43-33)34-12-8-20-44-34)27-18-16-26-30(40(4,5)6)24-32(28-17-15-25(29)37(27)38(26)28)42(35-13-9-21-45-35)36-14-10-22-46-36/h7-24H,1-6H3. The fourth-order valence-electron chi connectivity index (χ4n) is 6.85. The van der Waals surface area contributed by atoms with Crippen LogP contribution < -0.4 is 9.80 Å². The van der Waals surface area contributed by atoms with Gasteiger partial charge >= 0.3 is 0 Å². The fraction of sp³-hybridized carbons (Fsp3) is 0.200. The van der Waals surface area contributed by atoms with Crippen molar-refractivity contribution < 1.29 is 17.7 Å². The molecule has 0 spiro atoms. The van der Waals surface area contributed by atoms with Crippen molar-refractivity contribution in [3.63, 3.8) is 0 Å². The van der Waals surface area contributed by atoms with Gasteiger partial charge in [0.25, 0.3) is 0 Å². The Bertz CT molecular complexity index is 2030. The summed E-state index contributed by atoms with van der Waals surface area (Å²) in [4.78, 5) is 4.15. The molecule has 0 saturated heterocycles. The van der Waals surface area contributed by atoms with Gasteiger partial charge in [0.2, 0.25) is 23.5 Å². The molecule has 8 aromatic rings. The lowest BCUT2D eigenvalue weighted by Gasteiger charge is -2.31. The maximum Gasteiger partial charge on any atom is 0.206 e. The van der Waals surface area contributed by atoms with Crippen LogP contribution in [-0.4, -0.2) is 0 Å². The Morgan fingerprint density at radius 3 is 0.978 bits per heavy atom. The molecule has 0 fully saturated rings. The average Bonchev–Trinajstić information content (AvgIpc) is 3.85. The highest BCUT2D eigenvalue weighted by atomic mass is 16.4. The molecule has 4 aromatic carbocycles. The maximum atomic E-state index is 6.03. The van der Waals surface area contributed by atoms with Crippen molar-refractivity contribution >= 4 is 67.2 Å². The lowest BCUT2D eigenvalue weighted by atomic mass is 9.77. The monoisotopic (exact) mass is 608 g/mol. The van der Waals surface area contributed by atoms with Crippen molar-refractivity contribution in [2.45, 2.75) is 52.4 Å². The van der Waals surface area contributed by atoms with Crippen LogP contribution in [0.25, 0.3) is 32.3 Å². The van der Waals surface area contributed by atoms with Crippen molar-refractivity contribution in [3.05, 3.63) is 121 Å². The predicted octanol–water partition coefficient (Wildman–Crippen LogP) is 12.5. The minimum Gasteiger partial charge on any atom is -0.448 e. The molecule has 0 atom stereocenters. The molecule has 0 aliphatic heterocycles. The predicted molar refractivity (Wildman–Crippen MR) is 186 cm³/mol. The number of hydrogen-bond donors (Lipinski definition) is 0. The molecule has 4 heterocycles. The van der Waals surface area contributed by atoms with Gasteiger partial charge in [-0.05, 0) is 79.9 Å². The van der Waals surface area contributed by atoms with Gasteiger partial charge in [0.1, 0.15) is 0 Å². The molecule has 0 saturated carbocycles. The topological polar surface area (TPSA) is 59.0 Å². The number of furan rings is 4. The minimum absolute atomic E-state index is 0.154. The fourth-order valence-corrected chi connectivity index (χ4v) is 6.85. The molecule has 0 radical (unpaired) electrons. The molecular formula is C40H36N2O4. The number of rotatable bonds is 6. The van der Waals surface area contributed by atoms with Gasteiger partial charge in [-0.1, -0.05) is 65.8 Å². The summed E-state index contributed by atoms with van der Waals surface area (Å²) in [6.07, 6.45) is 6.80. The van der Waals surface area contributed by atoms with Gasteiger partial charge in [-0.25, -0.2) is 9.80 Å². The summed E-state index contributed by atoms with van der Waals surface area (Å²) < 4.78 is 24.1. The van der Waals surface area contributed by atoms with Crippen molar-refractivity contribution in [2.24, 2.45) is 0 Å². The Hall–Kier alpha value is -5.36. The second kappa shape index (κ2) is 10.1. The number of hydrogen-bond acceptors (Lipinski definition) is 6. The van der Waals surface area contributed by atoms with Gasteiger partial charge in [-0.3, -0.25) is 0 Å². The molecule has 4 aromatic heterocycles. The van der Waals surface area contributed by atoms with E-state index in [-0.39, 0.29) is 10.8 Å². The molecule has 6 heteroatoms. The highest BCUT2D eigenvalue weighted by Crippen LogP contribution is 2.51. The third-order valence-corrected chi connectivity index (χ3v) is 8.86. The summed E-state index contributed by atoms with van der Waals surface area (Å²) in [5, 5.41) is 7.06. The Morgan fingerprint density at radius 2 is 0.717 bits per heavy atom. The van der Waals surface area contributed by atoms with Crippen molar-refractivity contribution in [2.75, 3.05) is 9.80 Å². The molecule has 6 nitrogen and oxygen atoms in total. The lowest BCUT2D eigenvalue weighted by molar-refractivity contribution is 0.539. The zero-order valence-corrected chi connectivity index (χ0v) is 26.9. The number of anilines is 6.